The van der Waals surface area contributed by atoms with E-state index in [2.05, 4.69) is 13.8 Å². The first kappa shape index (κ1) is 27.5. The molecule has 1 N–H and O–H groups in total. The first-order chi connectivity index (χ1) is 14.4. The van der Waals surface area contributed by atoms with Crippen molar-refractivity contribution in [1.29, 1.82) is 0 Å². The van der Waals surface area contributed by atoms with Crippen molar-refractivity contribution in [3.8, 4) is 0 Å². The van der Waals surface area contributed by atoms with Gasteiger partial charge in [0.05, 0.1) is 5.60 Å². The molecule has 0 amide bonds. The highest BCUT2D eigenvalue weighted by Crippen LogP contribution is 2.31. The normalized spacial score (nSPS) is 19.0. The van der Waals surface area contributed by atoms with Gasteiger partial charge >= 0.3 is 0 Å². The summed E-state index contributed by atoms with van der Waals surface area (Å²) < 4.78 is 0. The standard InChI is InChI=1S/C27H44O4/c1-18(10-8-11-19(2)13-14-20(3)28)12-9-16-27(7,31)17-15-24-23(6)25(29)21(4)22(5)26(24)30/h18-19,31H,8-17H2,1-7H3/t18-,19+,27-/m1/s1. The fraction of sp³-hybridized carbons (Fsp3) is 0.741. The van der Waals surface area contributed by atoms with Gasteiger partial charge in [-0.3, -0.25) is 9.59 Å². The summed E-state index contributed by atoms with van der Waals surface area (Å²) in [6.07, 6.45) is 8.90. The summed E-state index contributed by atoms with van der Waals surface area (Å²) in [4.78, 5) is 36.0. The lowest BCUT2D eigenvalue weighted by Gasteiger charge is -2.26. The molecule has 0 unspecified atom stereocenters. The molecular weight excluding hydrogens is 388 g/mol. The Balaban J connectivity index is 2.36. The van der Waals surface area contributed by atoms with Crippen molar-refractivity contribution in [1.82, 2.24) is 0 Å². The fourth-order valence-electron chi connectivity index (χ4n) is 4.36. The van der Waals surface area contributed by atoms with Crippen molar-refractivity contribution in [2.45, 2.75) is 118 Å². The predicted octanol–water partition coefficient (Wildman–Crippen LogP) is 6.30. The highest BCUT2D eigenvalue weighted by atomic mass is 16.3. The third kappa shape index (κ3) is 9.22. The van der Waals surface area contributed by atoms with Crippen LogP contribution in [-0.2, 0) is 14.4 Å². The fourth-order valence-corrected chi connectivity index (χ4v) is 4.36. The van der Waals surface area contributed by atoms with Crippen molar-refractivity contribution >= 4 is 17.3 Å². The lowest BCUT2D eigenvalue weighted by atomic mass is 9.81. The third-order valence-electron chi connectivity index (χ3n) is 7.02. The van der Waals surface area contributed by atoms with Crippen LogP contribution in [0, 0.1) is 11.8 Å². The van der Waals surface area contributed by atoms with Gasteiger partial charge in [0.2, 0.25) is 0 Å². The summed E-state index contributed by atoms with van der Waals surface area (Å²) in [5, 5.41) is 10.8. The number of rotatable bonds is 14. The van der Waals surface area contributed by atoms with Gasteiger partial charge in [-0.1, -0.05) is 46.0 Å². The topological polar surface area (TPSA) is 71.4 Å². The first-order valence-electron chi connectivity index (χ1n) is 12.0. The van der Waals surface area contributed by atoms with E-state index in [9.17, 15) is 19.5 Å². The van der Waals surface area contributed by atoms with Gasteiger partial charge in [-0.15, -0.1) is 0 Å². The summed E-state index contributed by atoms with van der Waals surface area (Å²) in [5.41, 5.74) is 1.35. The molecule has 1 aliphatic carbocycles. The van der Waals surface area contributed by atoms with E-state index < -0.39 is 5.60 Å². The van der Waals surface area contributed by atoms with E-state index in [-0.39, 0.29) is 17.3 Å². The number of allylic oxidation sites excluding steroid dienone is 4. The quantitative estimate of drug-likeness (QED) is 0.327. The first-order valence-corrected chi connectivity index (χ1v) is 12.0. The number of aliphatic hydroxyl groups is 1. The van der Waals surface area contributed by atoms with E-state index in [1.54, 1.807) is 27.7 Å². The zero-order valence-electron chi connectivity index (χ0n) is 20.9. The van der Waals surface area contributed by atoms with Gasteiger partial charge in [-0.2, -0.15) is 0 Å². The van der Waals surface area contributed by atoms with Gasteiger partial charge < -0.3 is 9.90 Å². The van der Waals surface area contributed by atoms with Crippen LogP contribution in [0.25, 0.3) is 0 Å². The Labute approximate surface area is 189 Å². The zero-order valence-corrected chi connectivity index (χ0v) is 20.9. The number of carbonyl (C=O) groups excluding carboxylic acids is 3. The summed E-state index contributed by atoms with van der Waals surface area (Å²) in [5.74, 6) is 1.41. The molecule has 1 rings (SSSR count). The van der Waals surface area contributed by atoms with Crippen molar-refractivity contribution < 1.29 is 19.5 Å². The molecule has 31 heavy (non-hydrogen) atoms. The predicted molar refractivity (Wildman–Crippen MR) is 127 cm³/mol. The maximum absolute atomic E-state index is 12.6. The van der Waals surface area contributed by atoms with Gasteiger partial charge in [0.25, 0.3) is 0 Å². The molecule has 0 saturated heterocycles. The highest BCUT2D eigenvalue weighted by molar-refractivity contribution is 6.24. The molecule has 0 fully saturated rings. The Hall–Kier alpha value is -1.55. The van der Waals surface area contributed by atoms with Crippen LogP contribution in [0.2, 0.25) is 0 Å². The van der Waals surface area contributed by atoms with Crippen LogP contribution in [0.5, 0.6) is 0 Å². The molecule has 4 nitrogen and oxygen atoms in total. The van der Waals surface area contributed by atoms with Gasteiger partial charge in [0, 0.05) is 28.7 Å². The van der Waals surface area contributed by atoms with E-state index in [4.69, 9.17) is 0 Å². The molecule has 0 aromatic heterocycles. The Bertz CT molecular complexity index is 724. The number of Topliss-reactive ketones (excluding diaryl/α,β-unsaturated/α-hetero) is 3. The van der Waals surface area contributed by atoms with Gasteiger partial charge in [-0.05, 0) is 72.1 Å². The van der Waals surface area contributed by atoms with Crippen LogP contribution in [0.3, 0.4) is 0 Å². The number of ketones is 3. The maximum Gasteiger partial charge on any atom is 0.185 e. The number of hydrogen-bond acceptors (Lipinski definition) is 4. The van der Waals surface area contributed by atoms with Crippen LogP contribution < -0.4 is 0 Å². The van der Waals surface area contributed by atoms with E-state index in [1.807, 2.05) is 6.92 Å². The van der Waals surface area contributed by atoms with Crippen LogP contribution in [0.4, 0.5) is 0 Å². The second-order valence-electron chi connectivity index (χ2n) is 10.3. The van der Waals surface area contributed by atoms with Crippen molar-refractivity contribution in [2.24, 2.45) is 11.8 Å². The lowest BCUT2D eigenvalue weighted by Crippen LogP contribution is -2.27. The molecule has 1 aliphatic rings. The minimum atomic E-state index is -0.832. The molecule has 4 heteroatoms. The molecule has 0 aliphatic heterocycles. The van der Waals surface area contributed by atoms with Crippen molar-refractivity contribution in [2.75, 3.05) is 0 Å². The number of carbonyl (C=O) groups is 3. The van der Waals surface area contributed by atoms with Crippen LogP contribution in [0.15, 0.2) is 22.3 Å². The minimum absolute atomic E-state index is 0.0449. The van der Waals surface area contributed by atoms with Gasteiger partial charge in [-0.25, -0.2) is 0 Å². The Morgan fingerprint density at radius 3 is 1.94 bits per heavy atom. The smallest absolute Gasteiger partial charge is 0.185 e. The maximum atomic E-state index is 12.6. The molecular formula is C27H44O4. The van der Waals surface area contributed by atoms with Gasteiger partial charge in [0.15, 0.2) is 11.6 Å². The van der Waals surface area contributed by atoms with Crippen molar-refractivity contribution in [3.63, 3.8) is 0 Å². The second-order valence-corrected chi connectivity index (χ2v) is 10.3. The van der Waals surface area contributed by atoms with E-state index in [1.165, 1.54) is 19.3 Å². The average molecular weight is 433 g/mol. The molecule has 0 saturated carbocycles. The highest BCUT2D eigenvalue weighted by Gasteiger charge is 2.29. The largest absolute Gasteiger partial charge is 0.390 e. The van der Waals surface area contributed by atoms with Crippen LogP contribution >= 0.6 is 0 Å². The van der Waals surface area contributed by atoms with Gasteiger partial charge in [0.1, 0.15) is 5.78 Å². The molecule has 0 aromatic rings. The SMILES string of the molecule is CC(=O)CC[C@@H](C)CCC[C@@H](C)CCC[C@@](C)(O)CCC1=C(C)C(=O)C(C)=C(C)C1=O. The summed E-state index contributed by atoms with van der Waals surface area (Å²) >= 11 is 0. The zero-order chi connectivity index (χ0) is 23.8. The summed E-state index contributed by atoms with van der Waals surface area (Å²) in [7, 11) is 0. The van der Waals surface area contributed by atoms with Crippen LogP contribution in [-0.4, -0.2) is 28.1 Å². The Kier molecular flexibility index (Phi) is 11.1. The second kappa shape index (κ2) is 12.5. The summed E-state index contributed by atoms with van der Waals surface area (Å²) in [6.45, 7) is 13.1. The van der Waals surface area contributed by atoms with E-state index in [0.717, 1.165) is 19.3 Å². The third-order valence-corrected chi connectivity index (χ3v) is 7.02. The monoisotopic (exact) mass is 432 g/mol. The van der Waals surface area contributed by atoms with E-state index in [0.29, 0.717) is 59.8 Å². The molecule has 0 aromatic carbocycles. The van der Waals surface area contributed by atoms with Crippen LogP contribution in [0.1, 0.15) is 113 Å². The number of hydrogen-bond donors (Lipinski definition) is 1. The lowest BCUT2D eigenvalue weighted by molar-refractivity contribution is -0.117. The minimum Gasteiger partial charge on any atom is -0.390 e. The Morgan fingerprint density at radius 2 is 1.35 bits per heavy atom. The molecule has 0 heterocycles. The average Bonchev–Trinajstić information content (AvgIpc) is 2.69. The molecule has 176 valence electrons. The van der Waals surface area contributed by atoms with E-state index >= 15 is 0 Å². The molecule has 3 atom stereocenters. The molecule has 0 spiro atoms. The Morgan fingerprint density at radius 1 is 0.839 bits per heavy atom. The van der Waals surface area contributed by atoms with Crippen molar-refractivity contribution in [3.05, 3.63) is 22.3 Å². The molecule has 0 radical (unpaired) electrons. The summed E-state index contributed by atoms with van der Waals surface area (Å²) in [6, 6.07) is 0. The molecule has 0 bridgehead atoms.